The van der Waals surface area contributed by atoms with Gasteiger partial charge < -0.3 is 20.6 Å². The molecule has 4 N–H and O–H groups in total. The molecule has 0 saturated heterocycles. The fraction of sp³-hybridized carbons (Fsp3) is 0.929. The number of unbranched alkanes of at least 4 members (excludes halogenated alkanes) is 28. The quantitative estimate of drug-likeness (QED) is 0.0390. The molecule has 1 amide bonds. The summed E-state index contributed by atoms with van der Waals surface area (Å²) >= 11 is 0. The molecule has 0 aromatic heterocycles. The van der Waals surface area contributed by atoms with Gasteiger partial charge in [-0.1, -0.05) is 193 Å². The van der Waals surface area contributed by atoms with E-state index in [0.717, 1.165) is 38.5 Å². The van der Waals surface area contributed by atoms with Crippen LogP contribution in [0.1, 0.15) is 226 Å². The Balaban J connectivity index is 3.60. The second-order valence-corrected chi connectivity index (χ2v) is 14.5. The van der Waals surface area contributed by atoms with Gasteiger partial charge in [0.15, 0.2) is 0 Å². The topological polar surface area (TPSA) is 89.8 Å². The fourth-order valence-corrected chi connectivity index (χ4v) is 6.57. The normalized spacial score (nSPS) is 13.7. The number of carbonyl (C=O) groups excluding carboxylic acids is 1. The van der Waals surface area contributed by atoms with Crippen LogP contribution >= 0.6 is 0 Å². The predicted molar refractivity (Wildman–Crippen MR) is 204 cm³/mol. The van der Waals surface area contributed by atoms with E-state index >= 15 is 0 Å². The van der Waals surface area contributed by atoms with Gasteiger partial charge in [0, 0.05) is 6.42 Å². The molecule has 0 bridgehead atoms. The number of aliphatic hydroxyl groups excluding tert-OH is 3. The summed E-state index contributed by atoms with van der Waals surface area (Å²) in [5.41, 5.74) is 0. The molecule has 0 fully saturated rings. The van der Waals surface area contributed by atoms with E-state index in [0.29, 0.717) is 12.8 Å². The molecule has 0 radical (unpaired) electrons. The highest BCUT2D eigenvalue weighted by Gasteiger charge is 2.26. The molecule has 0 aromatic rings. The maximum absolute atomic E-state index is 12.4. The van der Waals surface area contributed by atoms with Crippen LogP contribution in [-0.2, 0) is 4.79 Å². The van der Waals surface area contributed by atoms with Gasteiger partial charge in [0.1, 0.15) is 6.10 Å². The number of allylic oxidation sites excluding steroid dienone is 2. The summed E-state index contributed by atoms with van der Waals surface area (Å²) in [7, 11) is 0. The van der Waals surface area contributed by atoms with Crippen molar-refractivity contribution in [2.45, 2.75) is 244 Å². The summed E-state index contributed by atoms with van der Waals surface area (Å²) in [4.78, 5) is 12.4. The number of hydrogen-bond acceptors (Lipinski definition) is 4. The monoisotopic (exact) mass is 666 g/mol. The highest BCUT2D eigenvalue weighted by molar-refractivity contribution is 5.76. The molecule has 0 aliphatic rings. The third-order valence-electron chi connectivity index (χ3n) is 9.87. The fourth-order valence-electron chi connectivity index (χ4n) is 6.57. The van der Waals surface area contributed by atoms with Crippen molar-refractivity contribution in [1.82, 2.24) is 5.32 Å². The molecule has 0 aliphatic heterocycles. The molecular formula is C42H83NO4. The van der Waals surface area contributed by atoms with Gasteiger partial charge in [0.25, 0.3) is 0 Å². The zero-order chi connectivity index (χ0) is 34.5. The molecule has 0 aliphatic carbocycles. The highest BCUT2D eigenvalue weighted by Crippen LogP contribution is 2.16. The maximum Gasteiger partial charge on any atom is 0.220 e. The van der Waals surface area contributed by atoms with Crippen LogP contribution < -0.4 is 5.32 Å². The SMILES string of the molecule is CCCCCCCCC/C=C\CCC[C@@H](O)[C@@H](O)[C@H](CO)NC(=O)CCCCCCCCCCCCCCCCCCCCCCC. The van der Waals surface area contributed by atoms with E-state index in [1.165, 1.54) is 161 Å². The molecule has 47 heavy (non-hydrogen) atoms. The van der Waals surface area contributed by atoms with Crippen LogP contribution in [0, 0.1) is 0 Å². The highest BCUT2D eigenvalue weighted by atomic mass is 16.3. The van der Waals surface area contributed by atoms with E-state index in [1.807, 2.05) is 0 Å². The molecule has 0 spiro atoms. The van der Waals surface area contributed by atoms with E-state index in [4.69, 9.17) is 0 Å². The molecule has 280 valence electrons. The number of rotatable bonds is 38. The standard InChI is InChI=1S/C42H83NO4/c1-3-5-7-9-11-13-15-17-18-19-20-21-22-23-24-25-27-29-31-33-35-37-41(46)43-39(38-44)42(47)40(45)36-34-32-30-28-26-16-14-12-10-8-6-4-2/h28,30,39-40,42,44-45,47H,3-27,29,31-38H2,1-2H3,(H,43,46)/b30-28-/t39-,40+,42-/m0/s1. The van der Waals surface area contributed by atoms with Crippen molar-refractivity contribution in [1.29, 1.82) is 0 Å². The molecule has 5 nitrogen and oxygen atoms in total. The number of carbonyl (C=O) groups is 1. The number of amides is 1. The molecule has 3 atom stereocenters. The molecule has 5 heteroatoms. The van der Waals surface area contributed by atoms with Crippen LogP contribution in [0.15, 0.2) is 12.2 Å². The number of aliphatic hydroxyl groups is 3. The van der Waals surface area contributed by atoms with Gasteiger partial charge in [-0.25, -0.2) is 0 Å². The summed E-state index contributed by atoms with van der Waals surface area (Å²) in [6, 6.07) is -0.819. The van der Waals surface area contributed by atoms with Crippen molar-refractivity contribution in [2.24, 2.45) is 0 Å². The van der Waals surface area contributed by atoms with Crippen molar-refractivity contribution in [3.05, 3.63) is 12.2 Å². The minimum absolute atomic E-state index is 0.151. The van der Waals surface area contributed by atoms with Crippen molar-refractivity contribution in [3.63, 3.8) is 0 Å². The van der Waals surface area contributed by atoms with Crippen molar-refractivity contribution in [2.75, 3.05) is 6.61 Å². The van der Waals surface area contributed by atoms with Crippen molar-refractivity contribution in [3.8, 4) is 0 Å². The first kappa shape index (κ1) is 46.1. The first-order chi connectivity index (χ1) is 23.1. The minimum Gasteiger partial charge on any atom is -0.394 e. The number of nitrogens with one attached hydrogen (secondary N) is 1. The van der Waals surface area contributed by atoms with Gasteiger partial charge >= 0.3 is 0 Å². The summed E-state index contributed by atoms with van der Waals surface area (Å²) in [6.07, 6.45) is 43.2. The maximum atomic E-state index is 12.4. The Morgan fingerprint density at radius 2 is 0.851 bits per heavy atom. The molecule has 0 rings (SSSR count). The summed E-state index contributed by atoms with van der Waals surface area (Å²) in [6.45, 7) is 4.16. The van der Waals surface area contributed by atoms with Crippen LogP contribution in [0.2, 0.25) is 0 Å². The first-order valence-corrected chi connectivity index (χ1v) is 21.0. The summed E-state index contributed by atoms with van der Waals surface area (Å²) < 4.78 is 0. The summed E-state index contributed by atoms with van der Waals surface area (Å²) in [5.74, 6) is -0.151. The lowest BCUT2D eigenvalue weighted by atomic mass is 10.0. The lowest BCUT2D eigenvalue weighted by molar-refractivity contribution is -0.124. The number of hydrogen-bond donors (Lipinski definition) is 4. The third-order valence-corrected chi connectivity index (χ3v) is 9.87. The van der Waals surface area contributed by atoms with Gasteiger partial charge in [0.2, 0.25) is 5.91 Å². The van der Waals surface area contributed by atoms with Gasteiger partial charge in [-0.05, 0) is 38.5 Å². The van der Waals surface area contributed by atoms with E-state index in [-0.39, 0.29) is 12.5 Å². The van der Waals surface area contributed by atoms with Crippen molar-refractivity contribution >= 4 is 5.91 Å². The Labute approximate surface area is 293 Å². The van der Waals surface area contributed by atoms with Crippen LogP contribution in [0.25, 0.3) is 0 Å². The Kier molecular flexibility index (Phi) is 37.2. The van der Waals surface area contributed by atoms with Crippen LogP contribution in [0.4, 0.5) is 0 Å². The molecule has 0 saturated carbocycles. The van der Waals surface area contributed by atoms with E-state index in [2.05, 4.69) is 31.3 Å². The molecule has 0 unspecified atom stereocenters. The van der Waals surface area contributed by atoms with Gasteiger partial charge in [0.05, 0.1) is 18.8 Å². The van der Waals surface area contributed by atoms with E-state index < -0.39 is 18.2 Å². The molecular weight excluding hydrogens is 582 g/mol. The minimum atomic E-state index is -1.15. The predicted octanol–water partition coefficient (Wildman–Crippen LogP) is 11.7. The molecule has 0 heterocycles. The second kappa shape index (κ2) is 37.9. The average Bonchev–Trinajstić information content (AvgIpc) is 3.07. The zero-order valence-electron chi connectivity index (χ0n) is 31.7. The Hall–Kier alpha value is -0.910. The van der Waals surface area contributed by atoms with Crippen molar-refractivity contribution < 1.29 is 20.1 Å². The first-order valence-electron chi connectivity index (χ1n) is 21.0. The smallest absolute Gasteiger partial charge is 0.220 e. The lowest BCUT2D eigenvalue weighted by Crippen LogP contribution is -2.50. The zero-order valence-corrected chi connectivity index (χ0v) is 31.7. The summed E-state index contributed by atoms with van der Waals surface area (Å²) in [5, 5.41) is 33.4. The second-order valence-electron chi connectivity index (χ2n) is 14.5. The molecule has 0 aromatic carbocycles. The Bertz CT molecular complexity index is 655. The van der Waals surface area contributed by atoms with E-state index in [1.54, 1.807) is 0 Å². The van der Waals surface area contributed by atoms with Crippen LogP contribution in [0.3, 0.4) is 0 Å². The Morgan fingerprint density at radius 3 is 1.23 bits per heavy atom. The van der Waals surface area contributed by atoms with Gasteiger partial charge in [-0.3, -0.25) is 4.79 Å². The van der Waals surface area contributed by atoms with Gasteiger partial charge in [-0.15, -0.1) is 0 Å². The Morgan fingerprint density at radius 1 is 0.511 bits per heavy atom. The van der Waals surface area contributed by atoms with Gasteiger partial charge in [-0.2, -0.15) is 0 Å². The average molecular weight is 666 g/mol. The van der Waals surface area contributed by atoms with Crippen LogP contribution in [-0.4, -0.2) is 46.1 Å². The van der Waals surface area contributed by atoms with Crippen LogP contribution in [0.5, 0.6) is 0 Å². The van der Waals surface area contributed by atoms with E-state index in [9.17, 15) is 20.1 Å². The third kappa shape index (κ3) is 33.4. The lowest BCUT2D eigenvalue weighted by Gasteiger charge is -2.26. The largest absolute Gasteiger partial charge is 0.394 e.